The summed E-state index contributed by atoms with van der Waals surface area (Å²) in [7, 11) is 0. The minimum Gasteiger partial charge on any atom is -0.325 e. The summed E-state index contributed by atoms with van der Waals surface area (Å²) >= 11 is 1.44. The van der Waals surface area contributed by atoms with Crippen LogP contribution >= 0.6 is 11.8 Å². The molecule has 0 aromatic heterocycles. The molecule has 0 unspecified atom stereocenters. The highest BCUT2D eigenvalue weighted by Gasteiger charge is 2.31. The fourth-order valence-electron chi connectivity index (χ4n) is 2.32. The Kier molecular flexibility index (Phi) is 3.87. The zero-order chi connectivity index (χ0) is 15.7. The topological polar surface area (TPSA) is 29.1 Å². The molecular weight excluding hydrogens is 311 g/mol. The number of amides is 1. The van der Waals surface area contributed by atoms with Gasteiger partial charge in [-0.15, -0.1) is 11.8 Å². The van der Waals surface area contributed by atoms with E-state index in [-0.39, 0.29) is 16.8 Å². The Morgan fingerprint density at radius 1 is 1.14 bits per heavy atom. The normalized spacial score (nSPS) is 17.1. The molecular formula is C16H12F3NOS. The number of fused-ring (bicyclic) bond motifs is 1. The molecule has 1 aliphatic rings. The van der Waals surface area contributed by atoms with Crippen LogP contribution in [0.3, 0.4) is 0 Å². The van der Waals surface area contributed by atoms with Crippen molar-refractivity contribution in [2.45, 2.75) is 22.7 Å². The van der Waals surface area contributed by atoms with Gasteiger partial charge in [0.25, 0.3) is 0 Å². The van der Waals surface area contributed by atoms with Gasteiger partial charge in [0.05, 0.1) is 10.8 Å². The molecule has 1 amide bonds. The van der Waals surface area contributed by atoms with E-state index < -0.39 is 11.7 Å². The van der Waals surface area contributed by atoms with E-state index >= 15 is 0 Å². The smallest absolute Gasteiger partial charge is 0.325 e. The lowest BCUT2D eigenvalue weighted by molar-refractivity contribution is -0.137. The first-order valence-corrected chi connectivity index (χ1v) is 7.54. The van der Waals surface area contributed by atoms with Crippen molar-refractivity contribution >= 4 is 23.4 Å². The van der Waals surface area contributed by atoms with Crippen LogP contribution in [0.25, 0.3) is 0 Å². The number of anilines is 1. The molecule has 1 atom stereocenters. The van der Waals surface area contributed by atoms with Crippen molar-refractivity contribution in [1.29, 1.82) is 0 Å². The maximum Gasteiger partial charge on any atom is 0.416 e. The highest BCUT2D eigenvalue weighted by atomic mass is 32.2. The second-order valence-electron chi connectivity index (χ2n) is 4.99. The fraction of sp³-hybridized carbons (Fsp3) is 0.188. The maximum atomic E-state index is 12.7. The maximum absolute atomic E-state index is 12.7. The fourth-order valence-corrected chi connectivity index (χ4v) is 3.52. The summed E-state index contributed by atoms with van der Waals surface area (Å²) < 4.78 is 38.0. The predicted molar refractivity (Wildman–Crippen MR) is 79.9 cm³/mol. The van der Waals surface area contributed by atoms with Gasteiger partial charge in [-0.3, -0.25) is 4.79 Å². The average Bonchev–Trinajstić information content (AvgIpc) is 2.90. The third-order valence-electron chi connectivity index (χ3n) is 3.40. The number of halogens is 3. The Morgan fingerprint density at radius 3 is 2.64 bits per heavy atom. The van der Waals surface area contributed by atoms with Crippen molar-refractivity contribution in [2.24, 2.45) is 0 Å². The highest BCUT2D eigenvalue weighted by Crippen LogP contribution is 2.37. The van der Waals surface area contributed by atoms with Gasteiger partial charge in [-0.1, -0.05) is 24.3 Å². The van der Waals surface area contributed by atoms with Crippen LogP contribution in [-0.2, 0) is 17.4 Å². The predicted octanol–water partition coefficient (Wildman–Crippen LogP) is 4.36. The lowest BCUT2D eigenvalue weighted by Gasteiger charge is -2.12. The first-order valence-electron chi connectivity index (χ1n) is 6.66. The van der Waals surface area contributed by atoms with E-state index in [9.17, 15) is 18.0 Å². The zero-order valence-corrected chi connectivity index (χ0v) is 12.2. The molecule has 0 saturated heterocycles. The number of thioether (sulfide) groups is 1. The van der Waals surface area contributed by atoms with E-state index in [1.165, 1.54) is 23.9 Å². The van der Waals surface area contributed by atoms with Crippen LogP contribution in [0, 0.1) is 0 Å². The molecule has 22 heavy (non-hydrogen) atoms. The number of nitrogens with one attached hydrogen (secondary N) is 1. The lowest BCUT2D eigenvalue weighted by Crippen LogP contribution is -2.24. The van der Waals surface area contributed by atoms with E-state index in [1.54, 1.807) is 0 Å². The summed E-state index contributed by atoms with van der Waals surface area (Å²) in [6.07, 6.45) is -3.83. The average molecular weight is 323 g/mol. The standard InChI is InChI=1S/C16H12F3NOS/c17-16(18,19)11-5-3-6-12(9-11)20-15(21)14-8-10-4-1-2-7-13(10)22-14/h1-7,9,14H,8H2,(H,20,21)/t14-/m1/s1. The van der Waals surface area contributed by atoms with Gasteiger partial charge in [-0.05, 0) is 36.2 Å². The van der Waals surface area contributed by atoms with Gasteiger partial charge in [0.1, 0.15) is 0 Å². The number of carbonyl (C=O) groups excluding carboxylic acids is 1. The number of benzene rings is 2. The van der Waals surface area contributed by atoms with E-state index in [4.69, 9.17) is 0 Å². The molecule has 0 radical (unpaired) electrons. The van der Waals surface area contributed by atoms with Gasteiger partial charge in [0, 0.05) is 10.6 Å². The molecule has 0 bridgehead atoms. The molecule has 2 aromatic carbocycles. The molecule has 114 valence electrons. The van der Waals surface area contributed by atoms with Crippen molar-refractivity contribution in [3.8, 4) is 0 Å². The van der Waals surface area contributed by atoms with Crippen LogP contribution in [0.1, 0.15) is 11.1 Å². The van der Waals surface area contributed by atoms with Crippen LogP contribution < -0.4 is 5.32 Å². The van der Waals surface area contributed by atoms with E-state index in [0.29, 0.717) is 6.42 Å². The summed E-state index contributed by atoms with van der Waals surface area (Å²) in [5.41, 5.74) is 0.487. The third-order valence-corrected chi connectivity index (χ3v) is 4.71. The highest BCUT2D eigenvalue weighted by molar-refractivity contribution is 8.01. The van der Waals surface area contributed by atoms with Crippen molar-refractivity contribution in [3.05, 3.63) is 59.7 Å². The van der Waals surface area contributed by atoms with Crippen LogP contribution in [-0.4, -0.2) is 11.2 Å². The summed E-state index contributed by atoms with van der Waals surface area (Å²) in [5, 5.41) is 2.26. The Balaban J connectivity index is 1.71. The second kappa shape index (κ2) is 5.68. The van der Waals surface area contributed by atoms with Gasteiger partial charge in [0.2, 0.25) is 5.91 Å². The largest absolute Gasteiger partial charge is 0.416 e. The molecule has 0 spiro atoms. The van der Waals surface area contributed by atoms with Gasteiger partial charge in [0.15, 0.2) is 0 Å². The van der Waals surface area contributed by atoms with Crippen molar-refractivity contribution in [2.75, 3.05) is 5.32 Å². The van der Waals surface area contributed by atoms with Crippen molar-refractivity contribution in [3.63, 3.8) is 0 Å². The molecule has 2 aromatic rings. The molecule has 2 nitrogen and oxygen atoms in total. The first kappa shape index (κ1) is 15.0. The summed E-state index contributed by atoms with van der Waals surface area (Å²) in [4.78, 5) is 13.3. The first-order chi connectivity index (χ1) is 10.4. The van der Waals surface area contributed by atoms with Crippen LogP contribution in [0.15, 0.2) is 53.4 Å². The van der Waals surface area contributed by atoms with Crippen LogP contribution in [0.5, 0.6) is 0 Å². The number of hydrogen-bond donors (Lipinski definition) is 1. The molecule has 0 saturated carbocycles. The Morgan fingerprint density at radius 2 is 1.91 bits per heavy atom. The zero-order valence-electron chi connectivity index (χ0n) is 11.4. The molecule has 6 heteroatoms. The third kappa shape index (κ3) is 3.11. The second-order valence-corrected chi connectivity index (χ2v) is 6.23. The molecule has 0 aliphatic carbocycles. The monoisotopic (exact) mass is 323 g/mol. The SMILES string of the molecule is O=C(Nc1cccc(C(F)(F)F)c1)[C@H]1Cc2ccccc2S1. The molecule has 1 aliphatic heterocycles. The summed E-state index contributed by atoms with van der Waals surface area (Å²) in [6.45, 7) is 0. The number of hydrogen-bond acceptors (Lipinski definition) is 2. The van der Waals surface area contributed by atoms with Crippen molar-refractivity contribution in [1.82, 2.24) is 0 Å². The number of alkyl halides is 3. The Bertz CT molecular complexity index is 690. The Hall–Kier alpha value is -1.95. The van der Waals surface area contributed by atoms with E-state index in [1.807, 2.05) is 24.3 Å². The lowest BCUT2D eigenvalue weighted by atomic mass is 10.1. The summed E-state index contributed by atoms with van der Waals surface area (Å²) in [5.74, 6) is -0.277. The number of rotatable bonds is 2. The quantitative estimate of drug-likeness (QED) is 0.889. The van der Waals surface area contributed by atoms with Crippen LogP contribution in [0.2, 0.25) is 0 Å². The van der Waals surface area contributed by atoms with E-state index in [0.717, 1.165) is 22.6 Å². The molecule has 3 rings (SSSR count). The molecule has 1 N–H and O–H groups in total. The minimum absolute atomic E-state index is 0.163. The number of carbonyl (C=O) groups is 1. The minimum atomic E-state index is -4.42. The molecule has 0 fully saturated rings. The van der Waals surface area contributed by atoms with Gasteiger partial charge >= 0.3 is 6.18 Å². The van der Waals surface area contributed by atoms with Gasteiger partial charge < -0.3 is 5.32 Å². The van der Waals surface area contributed by atoms with Crippen molar-refractivity contribution < 1.29 is 18.0 Å². The molecule has 1 heterocycles. The summed E-state index contributed by atoms with van der Waals surface area (Å²) in [6, 6.07) is 12.4. The van der Waals surface area contributed by atoms with Gasteiger partial charge in [-0.2, -0.15) is 13.2 Å². The van der Waals surface area contributed by atoms with E-state index in [2.05, 4.69) is 5.32 Å². The van der Waals surface area contributed by atoms with Crippen LogP contribution in [0.4, 0.5) is 18.9 Å². The Labute approximate surface area is 129 Å². The van der Waals surface area contributed by atoms with Gasteiger partial charge in [-0.25, -0.2) is 0 Å².